The summed E-state index contributed by atoms with van der Waals surface area (Å²) in [6, 6.07) is 8.06. The summed E-state index contributed by atoms with van der Waals surface area (Å²) in [6.45, 7) is 2.69. The molecule has 1 aromatic heterocycles. The van der Waals surface area contributed by atoms with Gasteiger partial charge in [-0.05, 0) is 43.7 Å². The number of likely N-dealkylation sites (tertiary alicyclic amines) is 1. The molecule has 2 aromatic rings. The number of rotatable bonds is 5. The third-order valence-electron chi connectivity index (χ3n) is 5.72. The number of benzene rings is 1. The van der Waals surface area contributed by atoms with Gasteiger partial charge in [-0.2, -0.15) is 0 Å². The molecule has 2 aliphatic rings. The molecule has 2 aliphatic heterocycles. The van der Waals surface area contributed by atoms with E-state index in [0.29, 0.717) is 35.7 Å². The minimum Gasteiger partial charge on any atom is -0.457 e. The second kappa shape index (κ2) is 9.62. The van der Waals surface area contributed by atoms with Crippen molar-refractivity contribution in [1.82, 2.24) is 9.80 Å². The third-order valence-corrected chi connectivity index (χ3v) is 6.62. The van der Waals surface area contributed by atoms with Gasteiger partial charge < -0.3 is 9.32 Å². The highest BCUT2D eigenvalue weighted by atomic mass is 32.2. The van der Waals surface area contributed by atoms with Crippen LogP contribution in [-0.4, -0.2) is 51.4 Å². The molecular formula is C23H23N3O6S. The highest BCUT2D eigenvalue weighted by Gasteiger charge is 2.37. The molecule has 0 aliphatic carbocycles. The number of furan rings is 1. The average Bonchev–Trinajstić information content (AvgIpc) is 3.21. The van der Waals surface area contributed by atoms with Crippen LogP contribution < -0.4 is 0 Å². The number of amides is 3. The number of carbonyl (C=O) groups excluding carboxylic acids is 3. The minimum absolute atomic E-state index is 0.0133. The van der Waals surface area contributed by atoms with Gasteiger partial charge in [0.1, 0.15) is 18.1 Å². The quantitative estimate of drug-likeness (QED) is 0.357. The lowest BCUT2D eigenvalue weighted by atomic mass is 10.1. The van der Waals surface area contributed by atoms with Crippen LogP contribution >= 0.6 is 11.8 Å². The molecule has 3 amide bonds. The molecule has 0 radical (unpaired) electrons. The first-order valence-corrected chi connectivity index (χ1v) is 11.5. The lowest BCUT2D eigenvalue weighted by Gasteiger charge is -2.22. The first-order chi connectivity index (χ1) is 15.8. The van der Waals surface area contributed by atoms with Crippen molar-refractivity contribution < 1.29 is 23.7 Å². The normalized spacial score (nSPS) is 18.2. The Morgan fingerprint density at radius 3 is 2.58 bits per heavy atom. The lowest BCUT2D eigenvalue weighted by Crippen LogP contribution is -2.42. The topological polar surface area (TPSA) is 114 Å². The van der Waals surface area contributed by atoms with E-state index in [1.807, 2.05) is 0 Å². The van der Waals surface area contributed by atoms with Gasteiger partial charge in [-0.1, -0.05) is 25.0 Å². The van der Waals surface area contributed by atoms with Gasteiger partial charge in [0.05, 0.1) is 9.83 Å². The van der Waals surface area contributed by atoms with Gasteiger partial charge in [0.25, 0.3) is 16.8 Å². The van der Waals surface area contributed by atoms with Crippen molar-refractivity contribution in [2.75, 3.05) is 19.6 Å². The molecular weight excluding hydrogens is 446 g/mol. The van der Waals surface area contributed by atoms with Crippen molar-refractivity contribution in [3.63, 3.8) is 0 Å². The lowest BCUT2D eigenvalue weighted by molar-refractivity contribution is -0.385. The molecule has 0 spiro atoms. The molecule has 9 nitrogen and oxygen atoms in total. The first-order valence-electron chi connectivity index (χ1n) is 10.7. The summed E-state index contributed by atoms with van der Waals surface area (Å²) in [5, 5.41) is 10.7. The number of nitro benzene ring substituents is 1. The molecule has 172 valence electrons. The predicted octanol–water partition coefficient (Wildman–Crippen LogP) is 4.60. The number of nitrogens with zero attached hydrogens (tertiary/aromatic N) is 3. The maximum absolute atomic E-state index is 12.8. The molecule has 33 heavy (non-hydrogen) atoms. The number of hydrogen-bond acceptors (Lipinski definition) is 7. The molecule has 10 heteroatoms. The van der Waals surface area contributed by atoms with Gasteiger partial charge in [0.15, 0.2) is 0 Å². The van der Waals surface area contributed by atoms with Crippen LogP contribution in [0.2, 0.25) is 0 Å². The summed E-state index contributed by atoms with van der Waals surface area (Å²) in [5.74, 6) is -0.0173. The van der Waals surface area contributed by atoms with Crippen LogP contribution in [0.5, 0.6) is 0 Å². The minimum atomic E-state index is -0.530. The highest BCUT2D eigenvalue weighted by molar-refractivity contribution is 8.18. The van der Waals surface area contributed by atoms with E-state index in [4.69, 9.17) is 4.42 Å². The van der Waals surface area contributed by atoms with Crippen molar-refractivity contribution in [1.29, 1.82) is 0 Å². The molecule has 0 saturated carbocycles. The largest absolute Gasteiger partial charge is 0.457 e. The summed E-state index contributed by atoms with van der Waals surface area (Å²) >= 11 is 0.761. The van der Waals surface area contributed by atoms with Crippen LogP contribution in [0.15, 0.2) is 39.7 Å². The standard InChI is InChI=1S/C23H23N3O6S/c1-15-6-7-16(12-18(15)26(30)31)19-9-8-17(32-19)13-20-22(28)25(23(29)33-20)14-21(27)24-10-4-2-3-5-11-24/h6-9,12-13H,2-5,10-11,14H2,1H3. The van der Waals surface area contributed by atoms with Crippen molar-refractivity contribution >= 4 is 40.6 Å². The van der Waals surface area contributed by atoms with Crippen LogP contribution in [0.1, 0.15) is 37.0 Å². The average molecular weight is 470 g/mol. The van der Waals surface area contributed by atoms with E-state index in [2.05, 4.69) is 0 Å². The zero-order valence-electron chi connectivity index (χ0n) is 18.1. The number of imide groups is 1. The number of thioether (sulfide) groups is 1. The van der Waals surface area contributed by atoms with E-state index in [1.165, 1.54) is 12.1 Å². The Labute approximate surface area is 194 Å². The van der Waals surface area contributed by atoms with Crippen LogP contribution in [0.3, 0.4) is 0 Å². The summed E-state index contributed by atoms with van der Waals surface area (Å²) < 4.78 is 5.75. The molecule has 0 atom stereocenters. The SMILES string of the molecule is Cc1ccc(-c2ccc(C=C3SC(=O)N(CC(=O)N4CCCCCC4)C3=O)o2)cc1[N+](=O)[O-]. The molecule has 0 bridgehead atoms. The Morgan fingerprint density at radius 1 is 1.15 bits per heavy atom. The van der Waals surface area contributed by atoms with Crippen molar-refractivity contribution in [3.8, 4) is 11.3 Å². The van der Waals surface area contributed by atoms with Gasteiger partial charge >= 0.3 is 0 Å². The number of aryl methyl sites for hydroxylation is 1. The fraction of sp³-hybridized carbons (Fsp3) is 0.348. The number of hydrogen-bond donors (Lipinski definition) is 0. The molecule has 2 saturated heterocycles. The Hall–Kier alpha value is -3.40. The zero-order valence-corrected chi connectivity index (χ0v) is 18.9. The van der Waals surface area contributed by atoms with Crippen LogP contribution in [-0.2, 0) is 9.59 Å². The second-order valence-corrected chi connectivity index (χ2v) is 9.02. The molecule has 4 rings (SSSR count). The van der Waals surface area contributed by atoms with E-state index in [0.717, 1.165) is 42.3 Å². The van der Waals surface area contributed by atoms with Crippen LogP contribution in [0.25, 0.3) is 17.4 Å². The first kappa shape index (κ1) is 22.8. The van der Waals surface area contributed by atoms with E-state index < -0.39 is 16.1 Å². The van der Waals surface area contributed by atoms with Gasteiger partial charge in [-0.25, -0.2) is 0 Å². The monoisotopic (exact) mass is 469 g/mol. The fourth-order valence-corrected chi connectivity index (χ4v) is 4.68. The predicted molar refractivity (Wildman–Crippen MR) is 123 cm³/mol. The van der Waals surface area contributed by atoms with Crippen LogP contribution in [0.4, 0.5) is 10.5 Å². The van der Waals surface area contributed by atoms with Gasteiger partial charge in [-0.15, -0.1) is 0 Å². The van der Waals surface area contributed by atoms with Gasteiger partial charge in [-0.3, -0.25) is 29.4 Å². The Balaban J connectivity index is 1.48. The summed E-state index contributed by atoms with van der Waals surface area (Å²) in [6.07, 6.45) is 5.47. The van der Waals surface area contributed by atoms with Gasteiger partial charge in [0.2, 0.25) is 5.91 Å². The zero-order chi connectivity index (χ0) is 23.5. The summed E-state index contributed by atoms with van der Waals surface area (Å²) in [5.41, 5.74) is 1.06. The second-order valence-electron chi connectivity index (χ2n) is 8.02. The Morgan fingerprint density at radius 2 is 1.88 bits per heavy atom. The smallest absolute Gasteiger partial charge is 0.294 e. The van der Waals surface area contributed by atoms with E-state index >= 15 is 0 Å². The molecule has 2 fully saturated rings. The molecule has 3 heterocycles. The third kappa shape index (κ3) is 5.00. The molecule has 0 unspecified atom stereocenters. The van der Waals surface area contributed by atoms with Crippen molar-refractivity contribution in [2.24, 2.45) is 0 Å². The van der Waals surface area contributed by atoms with E-state index in [-0.39, 0.29) is 23.0 Å². The fourth-order valence-electron chi connectivity index (χ4n) is 3.87. The maximum Gasteiger partial charge on any atom is 0.294 e. The van der Waals surface area contributed by atoms with Crippen LogP contribution in [0, 0.1) is 17.0 Å². The van der Waals surface area contributed by atoms with Gasteiger partial charge in [0, 0.05) is 36.4 Å². The Kier molecular flexibility index (Phi) is 6.64. The number of carbonyl (C=O) groups is 3. The summed E-state index contributed by atoms with van der Waals surface area (Å²) in [7, 11) is 0. The number of nitro groups is 1. The Bertz CT molecular complexity index is 1150. The van der Waals surface area contributed by atoms with Crippen molar-refractivity contribution in [3.05, 3.63) is 56.7 Å². The maximum atomic E-state index is 12.8. The summed E-state index contributed by atoms with van der Waals surface area (Å²) in [4.78, 5) is 51.4. The van der Waals surface area contributed by atoms with E-state index in [1.54, 1.807) is 36.1 Å². The van der Waals surface area contributed by atoms with E-state index in [9.17, 15) is 24.5 Å². The van der Waals surface area contributed by atoms with Crippen molar-refractivity contribution in [2.45, 2.75) is 32.6 Å². The molecule has 0 N–H and O–H groups in total. The highest BCUT2D eigenvalue weighted by Crippen LogP contribution is 2.34. The molecule has 1 aromatic carbocycles.